The molecule has 2 rings (SSSR count). The second-order valence-electron chi connectivity index (χ2n) is 4.52. The second kappa shape index (κ2) is 3.78. The predicted molar refractivity (Wildman–Crippen MR) is 52.3 cm³/mol. The van der Waals surface area contributed by atoms with Crippen LogP contribution in [0.5, 0.6) is 0 Å². The van der Waals surface area contributed by atoms with Crippen LogP contribution in [-0.4, -0.2) is 23.5 Å². The van der Waals surface area contributed by atoms with Crippen molar-refractivity contribution in [2.24, 2.45) is 0 Å². The lowest BCUT2D eigenvalue weighted by molar-refractivity contribution is 0.108. The SMILES string of the molecule is CC1CCCCN1C1CCCC1. The van der Waals surface area contributed by atoms with E-state index in [1.165, 1.54) is 51.5 Å². The molecule has 0 aromatic carbocycles. The van der Waals surface area contributed by atoms with Gasteiger partial charge in [0.2, 0.25) is 0 Å². The third kappa shape index (κ3) is 1.66. The van der Waals surface area contributed by atoms with Gasteiger partial charge >= 0.3 is 0 Å². The fourth-order valence-electron chi connectivity index (χ4n) is 2.90. The standard InChI is InChI=1S/C11H21N/c1-10-6-4-5-9-12(10)11-7-2-3-8-11/h10-11H,2-9H2,1H3. The zero-order valence-electron chi connectivity index (χ0n) is 8.26. The molecule has 1 heteroatoms. The summed E-state index contributed by atoms with van der Waals surface area (Å²) in [5.41, 5.74) is 0. The molecule has 12 heavy (non-hydrogen) atoms. The van der Waals surface area contributed by atoms with Gasteiger partial charge in [-0.3, -0.25) is 4.90 Å². The number of hydrogen-bond donors (Lipinski definition) is 0. The van der Waals surface area contributed by atoms with Crippen molar-refractivity contribution in [3.63, 3.8) is 0 Å². The molecule has 0 aromatic heterocycles. The summed E-state index contributed by atoms with van der Waals surface area (Å²) < 4.78 is 0. The zero-order valence-corrected chi connectivity index (χ0v) is 8.26. The van der Waals surface area contributed by atoms with Crippen molar-refractivity contribution in [3.05, 3.63) is 0 Å². The molecule has 2 aliphatic rings. The Kier molecular flexibility index (Phi) is 2.69. The summed E-state index contributed by atoms with van der Waals surface area (Å²) in [5.74, 6) is 0. The Bertz CT molecular complexity index is 138. The highest BCUT2D eigenvalue weighted by Crippen LogP contribution is 2.28. The first-order valence-electron chi connectivity index (χ1n) is 5.63. The minimum atomic E-state index is 0.877. The summed E-state index contributed by atoms with van der Waals surface area (Å²) in [6.07, 6.45) is 10.3. The highest BCUT2D eigenvalue weighted by atomic mass is 15.2. The molecule has 1 heterocycles. The molecule has 1 unspecified atom stereocenters. The predicted octanol–water partition coefficient (Wildman–Crippen LogP) is 2.80. The highest BCUT2D eigenvalue weighted by molar-refractivity contribution is 4.83. The highest BCUT2D eigenvalue weighted by Gasteiger charge is 2.27. The van der Waals surface area contributed by atoms with Gasteiger partial charge in [0.1, 0.15) is 0 Å². The van der Waals surface area contributed by atoms with E-state index < -0.39 is 0 Å². The molecule has 1 nitrogen and oxygen atoms in total. The molecule has 0 radical (unpaired) electrons. The first-order valence-corrected chi connectivity index (χ1v) is 5.63. The van der Waals surface area contributed by atoms with Gasteiger partial charge < -0.3 is 0 Å². The van der Waals surface area contributed by atoms with Gasteiger partial charge in [-0.1, -0.05) is 19.3 Å². The van der Waals surface area contributed by atoms with Crippen molar-refractivity contribution >= 4 is 0 Å². The van der Waals surface area contributed by atoms with Crippen molar-refractivity contribution in [3.8, 4) is 0 Å². The smallest absolute Gasteiger partial charge is 0.00980 e. The lowest BCUT2D eigenvalue weighted by Gasteiger charge is -2.38. The van der Waals surface area contributed by atoms with Crippen molar-refractivity contribution in [2.45, 2.75) is 64.0 Å². The number of likely N-dealkylation sites (tertiary alicyclic amines) is 1. The van der Waals surface area contributed by atoms with Crippen LogP contribution in [0, 0.1) is 0 Å². The van der Waals surface area contributed by atoms with E-state index >= 15 is 0 Å². The Balaban J connectivity index is 1.91. The lowest BCUT2D eigenvalue weighted by atomic mass is 10.0. The van der Waals surface area contributed by atoms with Crippen LogP contribution in [0.3, 0.4) is 0 Å². The number of nitrogens with zero attached hydrogens (tertiary/aromatic N) is 1. The Morgan fingerprint density at radius 2 is 1.58 bits per heavy atom. The summed E-state index contributed by atoms with van der Waals surface area (Å²) in [6, 6.07) is 1.84. The van der Waals surface area contributed by atoms with Gasteiger partial charge in [0.05, 0.1) is 0 Å². The average molecular weight is 167 g/mol. The first-order chi connectivity index (χ1) is 5.88. The second-order valence-corrected chi connectivity index (χ2v) is 4.52. The van der Waals surface area contributed by atoms with Crippen LogP contribution in [0.15, 0.2) is 0 Å². The van der Waals surface area contributed by atoms with Gasteiger partial charge in [-0.25, -0.2) is 0 Å². The molecule has 1 saturated carbocycles. The Labute approximate surface area is 76.1 Å². The van der Waals surface area contributed by atoms with Crippen LogP contribution in [0.25, 0.3) is 0 Å². The molecule has 0 aromatic rings. The van der Waals surface area contributed by atoms with E-state index in [1.54, 1.807) is 0 Å². The number of hydrogen-bond acceptors (Lipinski definition) is 1. The molecule has 0 bridgehead atoms. The molecule has 0 N–H and O–H groups in total. The topological polar surface area (TPSA) is 3.24 Å². The molecular formula is C11H21N. The van der Waals surface area contributed by atoms with Gasteiger partial charge in [0.25, 0.3) is 0 Å². The van der Waals surface area contributed by atoms with Crippen LogP contribution < -0.4 is 0 Å². The van der Waals surface area contributed by atoms with Gasteiger partial charge in [0.15, 0.2) is 0 Å². The molecule has 1 atom stereocenters. The summed E-state index contributed by atoms with van der Waals surface area (Å²) in [5, 5.41) is 0. The van der Waals surface area contributed by atoms with Gasteiger partial charge in [0, 0.05) is 12.1 Å². The monoisotopic (exact) mass is 167 g/mol. The molecule has 1 aliphatic heterocycles. The maximum Gasteiger partial charge on any atom is 0.00980 e. The van der Waals surface area contributed by atoms with E-state index in [1.807, 2.05) is 0 Å². The largest absolute Gasteiger partial charge is 0.298 e. The summed E-state index contributed by atoms with van der Waals surface area (Å²) >= 11 is 0. The van der Waals surface area contributed by atoms with Crippen LogP contribution >= 0.6 is 0 Å². The van der Waals surface area contributed by atoms with E-state index in [4.69, 9.17) is 0 Å². The normalized spacial score (nSPS) is 34.2. The quantitative estimate of drug-likeness (QED) is 0.580. The summed E-state index contributed by atoms with van der Waals surface area (Å²) in [7, 11) is 0. The van der Waals surface area contributed by atoms with Gasteiger partial charge in [-0.15, -0.1) is 0 Å². The number of piperidine rings is 1. The Morgan fingerprint density at radius 3 is 2.25 bits per heavy atom. The number of rotatable bonds is 1. The molecule has 1 aliphatic carbocycles. The maximum absolute atomic E-state index is 2.77. The van der Waals surface area contributed by atoms with Crippen LogP contribution in [0.4, 0.5) is 0 Å². The van der Waals surface area contributed by atoms with Crippen molar-refractivity contribution in [1.29, 1.82) is 0 Å². The minimum Gasteiger partial charge on any atom is -0.298 e. The summed E-state index contributed by atoms with van der Waals surface area (Å²) in [6.45, 7) is 3.79. The zero-order chi connectivity index (χ0) is 8.39. The fourth-order valence-corrected chi connectivity index (χ4v) is 2.90. The molecule has 1 saturated heterocycles. The van der Waals surface area contributed by atoms with Crippen LogP contribution in [0.1, 0.15) is 51.9 Å². The van der Waals surface area contributed by atoms with Crippen molar-refractivity contribution in [1.82, 2.24) is 4.90 Å². The van der Waals surface area contributed by atoms with Crippen molar-refractivity contribution < 1.29 is 0 Å². The van der Waals surface area contributed by atoms with Gasteiger partial charge in [-0.2, -0.15) is 0 Å². The minimum absolute atomic E-state index is 0.877. The molecule has 2 fully saturated rings. The van der Waals surface area contributed by atoms with E-state index in [9.17, 15) is 0 Å². The summed E-state index contributed by atoms with van der Waals surface area (Å²) in [4.78, 5) is 2.77. The van der Waals surface area contributed by atoms with Crippen molar-refractivity contribution in [2.75, 3.05) is 6.54 Å². The Morgan fingerprint density at radius 1 is 0.917 bits per heavy atom. The lowest BCUT2D eigenvalue weighted by Crippen LogP contribution is -2.43. The van der Waals surface area contributed by atoms with E-state index in [2.05, 4.69) is 11.8 Å². The maximum atomic E-state index is 2.77. The van der Waals surface area contributed by atoms with Crippen LogP contribution in [-0.2, 0) is 0 Å². The fraction of sp³-hybridized carbons (Fsp3) is 1.00. The molecule has 0 spiro atoms. The molecule has 0 amide bonds. The van der Waals surface area contributed by atoms with E-state index in [-0.39, 0.29) is 0 Å². The van der Waals surface area contributed by atoms with Crippen LogP contribution in [0.2, 0.25) is 0 Å². The average Bonchev–Trinajstić information content (AvgIpc) is 2.57. The third-order valence-corrected chi connectivity index (χ3v) is 3.65. The van der Waals surface area contributed by atoms with E-state index in [0.717, 1.165) is 12.1 Å². The molecule has 70 valence electrons. The van der Waals surface area contributed by atoms with E-state index in [0.29, 0.717) is 0 Å². The third-order valence-electron chi connectivity index (χ3n) is 3.65. The van der Waals surface area contributed by atoms with Gasteiger partial charge in [-0.05, 0) is 39.2 Å². The Hall–Kier alpha value is -0.0400. The molecular weight excluding hydrogens is 146 g/mol. The first kappa shape index (κ1) is 8.55.